The topological polar surface area (TPSA) is 95.5 Å². The summed E-state index contributed by atoms with van der Waals surface area (Å²) >= 11 is 3.15. The molecule has 3 N–H and O–H groups in total. The van der Waals surface area contributed by atoms with E-state index in [0.29, 0.717) is 11.1 Å². The van der Waals surface area contributed by atoms with Crippen LogP contribution in [0.15, 0.2) is 94.3 Å². The molecule has 0 saturated heterocycles. The number of alkyl halides is 3. The van der Waals surface area contributed by atoms with Crippen LogP contribution in [-0.4, -0.2) is 19.4 Å². The number of phenolic OH excluding ortho intramolecular Hbond substituents is 1. The van der Waals surface area contributed by atoms with E-state index in [9.17, 15) is 35.9 Å². The first-order valence-electron chi connectivity index (χ1n) is 10.7. The molecule has 0 fully saturated rings. The molecule has 4 rings (SSSR count). The molecule has 12 heteroatoms. The Hall–Kier alpha value is -3.90. The fourth-order valence-electron chi connectivity index (χ4n) is 3.44. The summed E-state index contributed by atoms with van der Waals surface area (Å²) < 4.78 is 79.4. The SMILES string of the molecule is O=C(Nc1ccc(O)c(NS(=O)(=O)c2ccc(F)cc2)c1)c1ccc(-c2ccc(C(F)(F)F)cc2Br)cc1. The maximum atomic E-state index is 13.1. The van der Waals surface area contributed by atoms with E-state index in [1.54, 1.807) is 12.1 Å². The van der Waals surface area contributed by atoms with Gasteiger partial charge in [-0.05, 0) is 77.9 Å². The van der Waals surface area contributed by atoms with Crippen molar-refractivity contribution >= 4 is 43.2 Å². The van der Waals surface area contributed by atoms with Crippen molar-refractivity contribution in [2.45, 2.75) is 11.1 Å². The molecule has 196 valence electrons. The first-order chi connectivity index (χ1) is 17.8. The van der Waals surface area contributed by atoms with Crippen LogP contribution < -0.4 is 10.0 Å². The van der Waals surface area contributed by atoms with E-state index in [4.69, 9.17) is 0 Å². The third-order valence-corrected chi connectivity index (χ3v) is 7.41. The minimum absolute atomic E-state index is 0.166. The maximum absolute atomic E-state index is 13.1. The smallest absolute Gasteiger partial charge is 0.416 e. The molecular weight excluding hydrogens is 592 g/mol. The van der Waals surface area contributed by atoms with Gasteiger partial charge in [0.1, 0.15) is 11.6 Å². The lowest BCUT2D eigenvalue weighted by Crippen LogP contribution is -2.14. The van der Waals surface area contributed by atoms with Gasteiger partial charge in [-0.1, -0.05) is 34.1 Å². The molecule has 0 radical (unpaired) electrons. The molecule has 38 heavy (non-hydrogen) atoms. The lowest BCUT2D eigenvalue weighted by Gasteiger charge is -2.13. The molecule has 0 unspecified atom stereocenters. The van der Waals surface area contributed by atoms with Crippen molar-refractivity contribution < 1.29 is 35.9 Å². The number of anilines is 2. The first-order valence-corrected chi connectivity index (χ1v) is 13.0. The van der Waals surface area contributed by atoms with Crippen LogP contribution in [-0.2, 0) is 16.2 Å². The van der Waals surface area contributed by atoms with Gasteiger partial charge in [0.05, 0.1) is 16.1 Å². The second-order valence-electron chi connectivity index (χ2n) is 8.02. The van der Waals surface area contributed by atoms with E-state index >= 15 is 0 Å². The molecule has 0 atom stereocenters. The average Bonchev–Trinajstić information content (AvgIpc) is 2.85. The monoisotopic (exact) mass is 608 g/mol. The Morgan fingerprint density at radius 3 is 2.13 bits per heavy atom. The van der Waals surface area contributed by atoms with Gasteiger partial charge in [-0.2, -0.15) is 13.2 Å². The van der Waals surface area contributed by atoms with Crippen LogP contribution >= 0.6 is 15.9 Å². The van der Waals surface area contributed by atoms with E-state index in [0.717, 1.165) is 36.4 Å². The van der Waals surface area contributed by atoms with E-state index in [2.05, 4.69) is 26.0 Å². The van der Waals surface area contributed by atoms with Crippen LogP contribution in [0.3, 0.4) is 0 Å². The third-order valence-electron chi connectivity index (χ3n) is 5.38. The van der Waals surface area contributed by atoms with Crippen LogP contribution in [0.2, 0.25) is 0 Å². The molecule has 0 aliphatic carbocycles. The normalized spacial score (nSPS) is 11.7. The Bertz CT molecular complexity index is 1610. The number of sulfonamides is 1. The number of halogens is 5. The molecule has 0 saturated carbocycles. The number of hydrogen-bond donors (Lipinski definition) is 3. The number of nitrogens with one attached hydrogen (secondary N) is 2. The lowest BCUT2D eigenvalue weighted by atomic mass is 10.0. The Labute approximate surface area is 223 Å². The van der Waals surface area contributed by atoms with Crippen LogP contribution in [0.4, 0.5) is 28.9 Å². The molecule has 6 nitrogen and oxygen atoms in total. The first kappa shape index (κ1) is 27.1. The van der Waals surface area contributed by atoms with E-state index in [-0.39, 0.29) is 26.3 Å². The summed E-state index contributed by atoms with van der Waals surface area (Å²) in [5, 5.41) is 12.7. The number of carbonyl (C=O) groups excluding carboxylic acids is 1. The van der Waals surface area contributed by atoms with E-state index < -0.39 is 39.2 Å². The van der Waals surface area contributed by atoms with Crippen molar-refractivity contribution in [2.24, 2.45) is 0 Å². The van der Waals surface area contributed by atoms with Gasteiger partial charge in [-0.3, -0.25) is 9.52 Å². The zero-order valence-electron chi connectivity index (χ0n) is 19.1. The molecule has 0 spiro atoms. The van der Waals surface area contributed by atoms with Crippen molar-refractivity contribution in [1.29, 1.82) is 0 Å². The summed E-state index contributed by atoms with van der Waals surface area (Å²) in [5.41, 5.74) is 0.454. The largest absolute Gasteiger partial charge is 0.506 e. The molecule has 0 aliphatic rings. The summed E-state index contributed by atoms with van der Waals surface area (Å²) in [6.07, 6.45) is -4.47. The average molecular weight is 609 g/mol. The van der Waals surface area contributed by atoms with E-state index in [1.165, 1.54) is 36.4 Å². The minimum Gasteiger partial charge on any atom is -0.506 e. The molecular formula is C26H17BrF4N2O4S. The summed E-state index contributed by atoms with van der Waals surface area (Å²) in [5.74, 6) is -1.57. The number of benzene rings is 4. The molecule has 4 aromatic carbocycles. The van der Waals surface area contributed by atoms with Crippen molar-refractivity contribution in [3.63, 3.8) is 0 Å². The Kier molecular flexibility index (Phi) is 7.47. The predicted octanol–water partition coefficient (Wildman–Crippen LogP) is 7.03. The number of phenols is 1. The van der Waals surface area contributed by atoms with Gasteiger partial charge in [0.25, 0.3) is 15.9 Å². The zero-order chi connectivity index (χ0) is 27.7. The lowest BCUT2D eigenvalue weighted by molar-refractivity contribution is -0.137. The highest BCUT2D eigenvalue weighted by molar-refractivity contribution is 9.10. The number of aromatic hydroxyl groups is 1. The second kappa shape index (κ2) is 10.5. The van der Waals surface area contributed by atoms with Crippen LogP contribution in [0.1, 0.15) is 15.9 Å². The Morgan fingerprint density at radius 2 is 1.53 bits per heavy atom. The highest BCUT2D eigenvalue weighted by Crippen LogP contribution is 2.36. The van der Waals surface area contributed by atoms with Crippen LogP contribution in [0, 0.1) is 5.82 Å². The number of hydrogen-bond acceptors (Lipinski definition) is 4. The van der Waals surface area contributed by atoms with Crippen molar-refractivity contribution in [3.8, 4) is 16.9 Å². The highest BCUT2D eigenvalue weighted by Gasteiger charge is 2.30. The van der Waals surface area contributed by atoms with Gasteiger partial charge in [-0.15, -0.1) is 0 Å². The summed E-state index contributed by atoms with van der Waals surface area (Å²) in [6.45, 7) is 0. The van der Waals surface area contributed by atoms with Gasteiger partial charge in [0.2, 0.25) is 0 Å². The third kappa shape index (κ3) is 6.14. The second-order valence-corrected chi connectivity index (χ2v) is 10.6. The van der Waals surface area contributed by atoms with Gasteiger partial charge >= 0.3 is 6.18 Å². The molecule has 0 bridgehead atoms. The number of amides is 1. The van der Waals surface area contributed by atoms with Gasteiger partial charge < -0.3 is 10.4 Å². The number of carbonyl (C=O) groups is 1. The van der Waals surface area contributed by atoms with Crippen LogP contribution in [0.25, 0.3) is 11.1 Å². The quantitative estimate of drug-likeness (QED) is 0.124. The molecule has 0 heterocycles. The van der Waals surface area contributed by atoms with Gasteiger partial charge in [-0.25, -0.2) is 12.8 Å². The van der Waals surface area contributed by atoms with E-state index in [1.807, 2.05) is 0 Å². The summed E-state index contributed by atoms with van der Waals surface area (Å²) in [4.78, 5) is 12.5. The number of rotatable bonds is 6. The standard InChI is InChI=1S/C26H17BrF4N2O4S/c27-22-13-17(26(29,30)31)5-11-21(22)15-1-3-16(4-2-15)25(35)32-19-8-12-24(34)23(14-19)33-38(36,37)20-9-6-18(28)7-10-20/h1-14,33-34H,(H,32,35). The summed E-state index contributed by atoms with van der Waals surface area (Å²) in [6, 6.07) is 17.2. The zero-order valence-corrected chi connectivity index (χ0v) is 21.5. The van der Waals surface area contributed by atoms with Crippen molar-refractivity contribution in [2.75, 3.05) is 10.0 Å². The van der Waals surface area contributed by atoms with Crippen molar-refractivity contribution in [3.05, 3.63) is 106 Å². The fourth-order valence-corrected chi connectivity index (χ4v) is 5.12. The summed E-state index contributed by atoms with van der Waals surface area (Å²) in [7, 11) is -4.15. The molecule has 0 aliphatic heterocycles. The van der Waals surface area contributed by atoms with Gasteiger partial charge in [0, 0.05) is 15.7 Å². The maximum Gasteiger partial charge on any atom is 0.416 e. The molecule has 0 aromatic heterocycles. The highest BCUT2D eigenvalue weighted by atomic mass is 79.9. The van der Waals surface area contributed by atoms with Crippen molar-refractivity contribution in [1.82, 2.24) is 0 Å². The molecule has 1 amide bonds. The van der Waals surface area contributed by atoms with Crippen LogP contribution in [0.5, 0.6) is 5.75 Å². The predicted molar refractivity (Wildman–Crippen MR) is 138 cm³/mol. The molecule has 4 aromatic rings. The Balaban J connectivity index is 1.50. The van der Waals surface area contributed by atoms with Gasteiger partial charge in [0.15, 0.2) is 0 Å². The fraction of sp³-hybridized carbons (Fsp3) is 0.0385. The Morgan fingerprint density at radius 1 is 0.868 bits per heavy atom. The minimum atomic E-state index is -4.47.